The predicted molar refractivity (Wildman–Crippen MR) is 83.3 cm³/mol. The second-order valence-electron chi connectivity index (χ2n) is 5.10. The van der Waals surface area contributed by atoms with Crippen molar-refractivity contribution in [3.63, 3.8) is 0 Å². The first-order chi connectivity index (χ1) is 10.7. The maximum atomic E-state index is 11.8. The van der Waals surface area contributed by atoms with Crippen molar-refractivity contribution in [3.8, 4) is 11.6 Å². The van der Waals surface area contributed by atoms with Crippen LogP contribution in [0.5, 0.6) is 0 Å². The fourth-order valence-corrected chi connectivity index (χ4v) is 2.45. The molecule has 0 radical (unpaired) electrons. The van der Waals surface area contributed by atoms with E-state index in [1.54, 1.807) is 7.05 Å². The van der Waals surface area contributed by atoms with Crippen molar-refractivity contribution in [3.05, 3.63) is 36.2 Å². The van der Waals surface area contributed by atoms with Crippen LogP contribution in [0.1, 0.15) is 19.2 Å². The van der Waals surface area contributed by atoms with E-state index in [2.05, 4.69) is 22.4 Å². The molecule has 1 N–H and O–H groups in total. The third-order valence-corrected chi connectivity index (χ3v) is 3.54. The quantitative estimate of drug-likeness (QED) is 0.785. The molecule has 0 saturated carbocycles. The average molecular weight is 298 g/mol. The SMILES string of the molecule is CCCc1nnc(-c2cc3ccccc3n2CC(=O)NC)o1. The van der Waals surface area contributed by atoms with Gasteiger partial charge in [-0.1, -0.05) is 25.1 Å². The number of hydrogen-bond donors (Lipinski definition) is 1. The van der Waals surface area contributed by atoms with Crippen LogP contribution in [0.4, 0.5) is 0 Å². The highest BCUT2D eigenvalue weighted by molar-refractivity contribution is 5.88. The molecule has 0 unspecified atom stereocenters. The normalized spacial score (nSPS) is 11.0. The Labute approximate surface area is 128 Å². The summed E-state index contributed by atoms with van der Waals surface area (Å²) in [6.45, 7) is 2.28. The number of carbonyl (C=O) groups is 1. The Hall–Kier alpha value is -2.63. The number of aromatic nitrogens is 3. The summed E-state index contributed by atoms with van der Waals surface area (Å²) < 4.78 is 7.62. The number of hydrogen-bond acceptors (Lipinski definition) is 4. The maximum absolute atomic E-state index is 11.8. The summed E-state index contributed by atoms with van der Waals surface area (Å²) in [6.07, 6.45) is 1.70. The molecule has 0 atom stereocenters. The molecular formula is C16H18N4O2. The predicted octanol–water partition coefficient (Wildman–Crippen LogP) is 2.39. The molecule has 0 bridgehead atoms. The van der Waals surface area contributed by atoms with Gasteiger partial charge in [0, 0.05) is 24.4 Å². The van der Waals surface area contributed by atoms with E-state index in [1.807, 2.05) is 34.9 Å². The largest absolute Gasteiger partial charge is 0.419 e. The molecular weight excluding hydrogens is 280 g/mol. The summed E-state index contributed by atoms with van der Waals surface area (Å²) in [5, 5.41) is 11.9. The van der Waals surface area contributed by atoms with E-state index in [4.69, 9.17) is 4.42 Å². The number of rotatable bonds is 5. The molecule has 114 valence electrons. The van der Waals surface area contributed by atoms with Gasteiger partial charge in [0.05, 0.1) is 0 Å². The van der Waals surface area contributed by atoms with Gasteiger partial charge in [0.2, 0.25) is 11.8 Å². The van der Waals surface area contributed by atoms with Crippen molar-refractivity contribution in [2.24, 2.45) is 0 Å². The summed E-state index contributed by atoms with van der Waals surface area (Å²) in [6, 6.07) is 9.87. The van der Waals surface area contributed by atoms with Crippen molar-refractivity contribution in [1.29, 1.82) is 0 Å². The van der Waals surface area contributed by atoms with Crippen molar-refractivity contribution in [2.45, 2.75) is 26.3 Å². The lowest BCUT2D eigenvalue weighted by atomic mass is 10.2. The van der Waals surface area contributed by atoms with Crippen LogP contribution < -0.4 is 5.32 Å². The molecule has 6 heteroatoms. The number of likely N-dealkylation sites (N-methyl/N-ethyl adjacent to an activating group) is 1. The van der Waals surface area contributed by atoms with Crippen LogP contribution in [0.2, 0.25) is 0 Å². The number of carbonyl (C=O) groups excluding carboxylic acids is 1. The zero-order chi connectivity index (χ0) is 15.5. The molecule has 2 heterocycles. The molecule has 6 nitrogen and oxygen atoms in total. The summed E-state index contributed by atoms with van der Waals surface area (Å²) in [5.74, 6) is 0.994. The average Bonchev–Trinajstić information content (AvgIpc) is 3.13. The van der Waals surface area contributed by atoms with E-state index in [0.29, 0.717) is 11.8 Å². The summed E-state index contributed by atoms with van der Waals surface area (Å²) in [7, 11) is 1.62. The van der Waals surface area contributed by atoms with Gasteiger partial charge in [-0.3, -0.25) is 4.79 Å². The molecule has 0 saturated heterocycles. The Morgan fingerprint density at radius 3 is 2.91 bits per heavy atom. The molecule has 0 aliphatic carbocycles. The van der Waals surface area contributed by atoms with Crippen LogP contribution in [-0.4, -0.2) is 27.7 Å². The Bertz CT molecular complexity index is 803. The minimum Gasteiger partial charge on any atom is -0.419 e. The van der Waals surface area contributed by atoms with Gasteiger partial charge in [0.1, 0.15) is 12.2 Å². The van der Waals surface area contributed by atoms with E-state index >= 15 is 0 Å². The van der Waals surface area contributed by atoms with Crippen LogP contribution in [0.15, 0.2) is 34.7 Å². The van der Waals surface area contributed by atoms with Crippen molar-refractivity contribution in [2.75, 3.05) is 7.05 Å². The number of para-hydroxylation sites is 1. The third kappa shape index (κ3) is 2.59. The lowest BCUT2D eigenvalue weighted by molar-refractivity contribution is -0.121. The van der Waals surface area contributed by atoms with Crippen molar-refractivity contribution in [1.82, 2.24) is 20.1 Å². The second-order valence-corrected chi connectivity index (χ2v) is 5.10. The van der Waals surface area contributed by atoms with Gasteiger partial charge in [-0.2, -0.15) is 0 Å². The highest BCUT2D eigenvalue weighted by atomic mass is 16.4. The lowest BCUT2D eigenvalue weighted by Gasteiger charge is -2.07. The number of benzene rings is 1. The Kier molecular flexibility index (Phi) is 3.91. The lowest BCUT2D eigenvalue weighted by Crippen LogP contribution is -2.23. The smallest absolute Gasteiger partial charge is 0.264 e. The molecule has 0 aliphatic heterocycles. The van der Waals surface area contributed by atoms with Gasteiger partial charge in [-0.15, -0.1) is 10.2 Å². The van der Waals surface area contributed by atoms with E-state index in [-0.39, 0.29) is 12.5 Å². The summed E-state index contributed by atoms with van der Waals surface area (Å²) in [5.41, 5.74) is 1.73. The molecule has 1 aromatic carbocycles. The maximum Gasteiger partial charge on any atom is 0.264 e. The fourth-order valence-electron chi connectivity index (χ4n) is 2.45. The molecule has 2 aromatic heterocycles. The Morgan fingerprint density at radius 2 is 2.14 bits per heavy atom. The molecule has 0 spiro atoms. The van der Waals surface area contributed by atoms with Crippen molar-refractivity contribution < 1.29 is 9.21 Å². The van der Waals surface area contributed by atoms with E-state index in [0.717, 1.165) is 29.4 Å². The van der Waals surface area contributed by atoms with E-state index in [9.17, 15) is 4.79 Å². The molecule has 0 aliphatic rings. The van der Waals surface area contributed by atoms with Gasteiger partial charge in [-0.25, -0.2) is 0 Å². The van der Waals surface area contributed by atoms with Crippen LogP contribution in [0.3, 0.4) is 0 Å². The molecule has 22 heavy (non-hydrogen) atoms. The van der Waals surface area contributed by atoms with Crippen LogP contribution in [0, 0.1) is 0 Å². The first kappa shape index (κ1) is 14.3. The van der Waals surface area contributed by atoms with Gasteiger partial charge in [0.25, 0.3) is 5.89 Å². The fraction of sp³-hybridized carbons (Fsp3) is 0.312. The zero-order valence-electron chi connectivity index (χ0n) is 12.7. The standard InChI is InChI=1S/C16H18N4O2/c1-3-6-15-18-19-16(22-15)13-9-11-7-4-5-8-12(11)20(13)10-14(21)17-2/h4-5,7-9H,3,6,10H2,1-2H3,(H,17,21). The van der Waals surface area contributed by atoms with Crippen LogP contribution >= 0.6 is 0 Å². The van der Waals surface area contributed by atoms with E-state index in [1.165, 1.54) is 0 Å². The monoisotopic (exact) mass is 298 g/mol. The number of amides is 1. The van der Waals surface area contributed by atoms with Gasteiger partial charge < -0.3 is 14.3 Å². The molecule has 1 amide bonds. The van der Waals surface area contributed by atoms with Gasteiger partial charge in [0.15, 0.2) is 0 Å². The topological polar surface area (TPSA) is 73.0 Å². The number of nitrogens with one attached hydrogen (secondary N) is 1. The van der Waals surface area contributed by atoms with Crippen molar-refractivity contribution >= 4 is 16.8 Å². The van der Waals surface area contributed by atoms with Crippen LogP contribution in [0.25, 0.3) is 22.5 Å². The molecule has 3 aromatic rings. The van der Waals surface area contributed by atoms with E-state index < -0.39 is 0 Å². The zero-order valence-corrected chi connectivity index (χ0v) is 12.7. The number of nitrogens with zero attached hydrogens (tertiary/aromatic N) is 3. The minimum absolute atomic E-state index is 0.0732. The third-order valence-electron chi connectivity index (χ3n) is 3.54. The molecule has 3 rings (SSSR count). The summed E-state index contributed by atoms with van der Waals surface area (Å²) in [4.78, 5) is 11.8. The number of fused-ring (bicyclic) bond motifs is 1. The van der Waals surface area contributed by atoms with Gasteiger partial charge in [-0.05, 0) is 18.6 Å². The van der Waals surface area contributed by atoms with Gasteiger partial charge >= 0.3 is 0 Å². The Balaban J connectivity index is 2.10. The number of aryl methyl sites for hydroxylation is 1. The first-order valence-electron chi connectivity index (χ1n) is 7.34. The first-order valence-corrected chi connectivity index (χ1v) is 7.34. The Morgan fingerprint density at radius 1 is 1.32 bits per heavy atom. The summed E-state index contributed by atoms with van der Waals surface area (Å²) >= 11 is 0. The second kappa shape index (κ2) is 6.01. The minimum atomic E-state index is -0.0732. The highest BCUT2D eigenvalue weighted by Gasteiger charge is 2.17. The molecule has 0 fully saturated rings. The van der Waals surface area contributed by atoms with Crippen LogP contribution in [-0.2, 0) is 17.8 Å². The highest BCUT2D eigenvalue weighted by Crippen LogP contribution is 2.27.